The maximum absolute atomic E-state index is 9.52. The molecule has 0 aliphatic rings. The molecule has 55 heavy (non-hydrogen) atoms. The molecule has 0 amide bonds. The van der Waals surface area contributed by atoms with Gasteiger partial charge in [0.05, 0.1) is 34.1 Å². The fourth-order valence-electron chi connectivity index (χ4n) is 7.09. The predicted octanol–water partition coefficient (Wildman–Crippen LogP) is 12.7. The predicted molar refractivity (Wildman–Crippen MR) is 219 cm³/mol. The number of benzene rings is 6. The van der Waals surface area contributed by atoms with Crippen molar-refractivity contribution in [2.75, 3.05) is 0 Å². The molecule has 3 heterocycles. The average molecular weight is 891 g/mol. The molecular weight excluding hydrogens is 853 g/mol. The number of para-hydroxylation sites is 2. The van der Waals surface area contributed by atoms with E-state index in [1.54, 1.807) is 12.3 Å². The molecule has 271 valence electrons. The minimum absolute atomic E-state index is 0. The minimum atomic E-state index is 0. The van der Waals surface area contributed by atoms with Crippen LogP contribution in [-0.4, -0.2) is 14.5 Å². The van der Waals surface area contributed by atoms with Crippen LogP contribution in [0.25, 0.3) is 72.4 Å². The first-order valence-electron chi connectivity index (χ1n) is 18.3. The zero-order chi connectivity index (χ0) is 37.2. The summed E-state index contributed by atoms with van der Waals surface area (Å²) in [4.78, 5) is 9.43. The summed E-state index contributed by atoms with van der Waals surface area (Å²) in [6, 6.07) is 55.6. The first kappa shape index (κ1) is 37.2. The van der Waals surface area contributed by atoms with Crippen molar-refractivity contribution < 1.29 is 24.5 Å². The maximum atomic E-state index is 9.52. The molecule has 1 radical (unpaired) electrons. The van der Waals surface area contributed by atoms with Crippen molar-refractivity contribution in [1.82, 2.24) is 14.5 Å². The number of nitriles is 1. The zero-order valence-corrected chi connectivity index (χ0v) is 33.4. The van der Waals surface area contributed by atoms with Gasteiger partial charge < -0.3 is 14.0 Å². The molecule has 6 heteroatoms. The van der Waals surface area contributed by atoms with E-state index in [-0.39, 0.29) is 31.9 Å². The van der Waals surface area contributed by atoms with Gasteiger partial charge in [-0.1, -0.05) is 93.2 Å². The van der Waals surface area contributed by atoms with Crippen molar-refractivity contribution in [1.29, 1.82) is 5.26 Å². The van der Waals surface area contributed by atoms with Gasteiger partial charge in [0.1, 0.15) is 5.58 Å². The number of fused-ring (bicyclic) bond motifs is 4. The standard InChI is InChI=1S/C38H30N3O.C11H8N.Ir/c1-23(2)30-20-27(26-11-6-5-7-12-26)21-31(24(3)4)36(30)41-34-16-9-8-15-33(34)40-38(41)29-14-10-13-28-32-19-25(22-39)17-18-35(32)42-37(28)29;1-2-6-10(7-3-1)11-8-4-5-9-12-11;/h5-13,15-21,23-24H,1-4H3;1-6,8-9H;/q2*-1;. The van der Waals surface area contributed by atoms with E-state index in [4.69, 9.17) is 9.40 Å². The Hall–Kier alpha value is -6.12. The van der Waals surface area contributed by atoms with Crippen molar-refractivity contribution >= 4 is 33.0 Å². The molecule has 0 saturated carbocycles. The minimum Gasteiger partial charge on any atom is -0.501 e. The van der Waals surface area contributed by atoms with Gasteiger partial charge in [0.2, 0.25) is 0 Å². The first-order chi connectivity index (χ1) is 26.4. The molecule has 0 aliphatic heterocycles. The van der Waals surface area contributed by atoms with E-state index in [0.29, 0.717) is 5.56 Å². The number of aromatic nitrogens is 3. The largest absolute Gasteiger partial charge is 0.501 e. The zero-order valence-electron chi connectivity index (χ0n) is 31.0. The number of imidazole rings is 1. The Kier molecular flexibility index (Phi) is 10.9. The summed E-state index contributed by atoms with van der Waals surface area (Å²) in [7, 11) is 0. The van der Waals surface area contributed by atoms with Gasteiger partial charge in [0.25, 0.3) is 0 Å². The number of pyridine rings is 1. The molecular formula is C49H38IrN4O-2. The third kappa shape index (κ3) is 7.25. The first-order valence-corrected chi connectivity index (χ1v) is 18.3. The maximum Gasteiger partial charge on any atom is 0.121 e. The van der Waals surface area contributed by atoms with Crippen molar-refractivity contribution in [2.24, 2.45) is 0 Å². The van der Waals surface area contributed by atoms with Gasteiger partial charge in [-0.25, -0.2) is 0 Å². The third-order valence-electron chi connectivity index (χ3n) is 9.74. The normalized spacial score (nSPS) is 11.1. The molecule has 6 aromatic carbocycles. The Labute approximate surface area is 335 Å². The van der Waals surface area contributed by atoms with Crippen molar-refractivity contribution in [2.45, 2.75) is 39.5 Å². The Morgan fingerprint density at radius 1 is 0.691 bits per heavy atom. The molecule has 9 aromatic rings. The number of hydrogen-bond acceptors (Lipinski definition) is 4. The van der Waals surface area contributed by atoms with Crippen LogP contribution in [0.2, 0.25) is 0 Å². The molecule has 5 nitrogen and oxygen atoms in total. The summed E-state index contributed by atoms with van der Waals surface area (Å²) in [6.07, 6.45) is 1.79. The molecule has 0 aliphatic carbocycles. The summed E-state index contributed by atoms with van der Waals surface area (Å²) in [5, 5.41) is 11.4. The Balaban J connectivity index is 0.000000305. The Bertz CT molecular complexity index is 2710. The van der Waals surface area contributed by atoms with Crippen LogP contribution in [0.3, 0.4) is 0 Å². The van der Waals surface area contributed by atoms with Gasteiger partial charge in [-0.05, 0) is 88.3 Å². The summed E-state index contributed by atoms with van der Waals surface area (Å²) < 4.78 is 8.78. The number of nitrogens with zero attached hydrogens (tertiary/aromatic N) is 4. The van der Waals surface area contributed by atoms with Crippen LogP contribution in [0.1, 0.15) is 56.2 Å². The molecule has 0 unspecified atom stereocenters. The molecule has 0 spiro atoms. The number of hydrogen-bond donors (Lipinski definition) is 0. The fourth-order valence-corrected chi connectivity index (χ4v) is 7.09. The van der Waals surface area contributed by atoms with Gasteiger partial charge in [0.15, 0.2) is 0 Å². The van der Waals surface area contributed by atoms with E-state index >= 15 is 0 Å². The van der Waals surface area contributed by atoms with Crippen LogP contribution >= 0.6 is 0 Å². The molecule has 0 fully saturated rings. The topological polar surface area (TPSA) is 67.6 Å². The van der Waals surface area contributed by atoms with Gasteiger partial charge in [0, 0.05) is 37.4 Å². The van der Waals surface area contributed by atoms with E-state index in [9.17, 15) is 5.26 Å². The van der Waals surface area contributed by atoms with Crippen molar-refractivity contribution in [3.63, 3.8) is 0 Å². The van der Waals surface area contributed by atoms with Gasteiger partial charge >= 0.3 is 0 Å². The van der Waals surface area contributed by atoms with Crippen LogP contribution in [0.15, 0.2) is 150 Å². The summed E-state index contributed by atoms with van der Waals surface area (Å²) in [5.41, 5.74) is 12.9. The molecule has 3 aromatic heterocycles. The van der Waals surface area contributed by atoms with Gasteiger partial charge in [-0.3, -0.25) is 4.98 Å². The molecule has 0 N–H and O–H groups in total. The Morgan fingerprint density at radius 3 is 2.11 bits per heavy atom. The second kappa shape index (κ2) is 16.1. The van der Waals surface area contributed by atoms with E-state index in [0.717, 1.165) is 61.3 Å². The molecule has 0 saturated heterocycles. The molecule has 0 bridgehead atoms. The number of rotatable bonds is 6. The summed E-state index contributed by atoms with van der Waals surface area (Å²) in [6.45, 7) is 9.04. The van der Waals surface area contributed by atoms with Crippen molar-refractivity contribution in [3.05, 3.63) is 175 Å². The van der Waals surface area contributed by atoms with Crippen LogP contribution in [-0.2, 0) is 20.1 Å². The summed E-state index contributed by atoms with van der Waals surface area (Å²) in [5.74, 6) is 1.33. The van der Waals surface area contributed by atoms with E-state index < -0.39 is 0 Å². The SMILES string of the molecule is CC(C)c1cc(-c2ccccc2)cc(C(C)C)c1-n1c(-c2[c-]ccc3c2oc2ccc(C#N)cc23)nc2ccccc21.[Ir].[c-]1ccccc1-c1ccccn1. The third-order valence-corrected chi connectivity index (χ3v) is 9.74. The van der Waals surface area contributed by atoms with Crippen molar-refractivity contribution in [3.8, 4) is 45.5 Å². The van der Waals surface area contributed by atoms with Gasteiger partial charge in [-0.15, -0.1) is 54.1 Å². The van der Waals surface area contributed by atoms with Crippen LogP contribution in [0.4, 0.5) is 0 Å². The quantitative estimate of drug-likeness (QED) is 0.156. The average Bonchev–Trinajstić information content (AvgIpc) is 3.80. The summed E-state index contributed by atoms with van der Waals surface area (Å²) >= 11 is 0. The van der Waals surface area contributed by atoms with Crippen LogP contribution in [0.5, 0.6) is 0 Å². The number of furan rings is 1. The van der Waals surface area contributed by atoms with Crippen LogP contribution in [0, 0.1) is 23.5 Å². The smallest absolute Gasteiger partial charge is 0.121 e. The molecule has 0 atom stereocenters. The van der Waals surface area contributed by atoms with E-state index in [1.165, 1.54) is 22.3 Å². The van der Waals surface area contributed by atoms with E-state index in [1.807, 2.05) is 72.8 Å². The van der Waals surface area contributed by atoms with E-state index in [2.05, 4.69) is 116 Å². The molecule has 9 rings (SSSR count). The van der Waals surface area contributed by atoms with Crippen LogP contribution < -0.4 is 0 Å². The fraction of sp³-hybridized carbons (Fsp3) is 0.122. The monoisotopic (exact) mass is 891 g/mol. The second-order valence-corrected chi connectivity index (χ2v) is 13.9. The Morgan fingerprint density at radius 2 is 1.42 bits per heavy atom. The van der Waals surface area contributed by atoms with Gasteiger partial charge in [-0.2, -0.15) is 5.26 Å². The second-order valence-electron chi connectivity index (χ2n) is 13.9.